The first-order chi connectivity index (χ1) is 13.8. The van der Waals surface area contributed by atoms with Crippen molar-refractivity contribution < 1.29 is 17.9 Å². The van der Waals surface area contributed by atoms with E-state index in [1.54, 1.807) is 73.8 Å². The van der Waals surface area contributed by atoms with Crippen LogP contribution in [0.3, 0.4) is 0 Å². The molecule has 0 aromatic heterocycles. The molecule has 0 heterocycles. The Morgan fingerprint density at radius 3 is 2.24 bits per heavy atom. The molecule has 3 aromatic rings. The number of amides is 1. The SMILES string of the molecule is COc1cccc(NC(=O)c2ccc(NS(=O)(=O)c3ccc(C)c(C)c3)cc2)c1. The maximum absolute atomic E-state index is 12.6. The fourth-order valence-electron chi connectivity index (χ4n) is 2.69. The third kappa shape index (κ3) is 4.94. The molecule has 0 spiro atoms. The largest absolute Gasteiger partial charge is 0.497 e. The van der Waals surface area contributed by atoms with Gasteiger partial charge in [-0.2, -0.15) is 0 Å². The number of aryl methyl sites for hydroxylation is 2. The van der Waals surface area contributed by atoms with Crippen LogP contribution in [0.15, 0.2) is 71.6 Å². The number of ether oxygens (including phenoxy) is 1. The first-order valence-electron chi connectivity index (χ1n) is 8.94. The topological polar surface area (TPSA) is 84.5 Å². The molecule has 3 aromatic carbocycles. The van der Waals surface area contributed by atoms with Crippen LogP contribution in [0.25, 0.3) is 0 Å². The lowest BCUT2D eigenvalue weighted by Gasteiger charge is -2.11. The molecule has 0 saturated carbocycles. The molecule has 3 rings (SSSR count). The quantitative estimate of drug-likeness (QED) is 0.632. The van der Waals surface area contributed by atoms with E-state index in [4.69, 9.17) is 4.74 Å². The van der Waals surface area contributed by atoms with Crippen molar-refractivity contribution in [1.29, 1.82) is 0 Å². The van der Waals surface area contributed by atoms with Gasteiger partial charge in [-0.1, -0.05) is 12.1 Å². The highest BCUT2D eigenvalue weighted by molar-refractivity contribution is 7.92. The monoisotopic (exact) mass is 410 g/mol. The van der Waals surface area contributed by atoms with Gasteiger partial charge in [-0.15, -0.1) is 0 Å². The smallest absolute Gasteiger partial charge is 0.261 e. The molecule has 0 aliphatic carbocycles. The van der Waals surface area contributed by atoms with Crippen molar-refractivity contribution in [1.82, 2.24) is 0 Å². The van der Waals surface area contributed by atoms with Gasteiger partial charge in [0, 0.05) is 23.0 Å². The number of hydrogen-bond acceptors (Lipinski definition) is 4. The molecule has 6 nitrogen and oxygen atoms in total. The Morgan fingerprint density at radius 1 is 0.862 bits per heavy atom. The Balaban J connectivity index is 1.72. The van der Waals surface area contributed by atoms with Crippen molar-refractivity contribution in [2.24, 2.45) is 0 Å². The van der Waals surface area contributed by atoms with Gasteiger partial charge in [-0.3, -0.25) is 9.52 Å². The number of methoxy groups -OCH3 is 1. The molecule has 0 unspecified atom stereocenters. The van der Waals surface area contributed by atoms with Crippen molar-refractivity contribution >= 4 is 27.3 Å². The molecule has 0 saturated heterocycles. The predicted octanol–water partition coefficient (Wildman–Crippen LogP) is 4.37. The minimum Gasteiger partial charge on any atom is -0.497 e. The van der Waals surface area contributed by atoms with Crippen LogP contribution in [0.1, 0.15) is 21.5 Å². The molecule has 150 valence electrons. The number of carbonyl (C=O) groups is 1. The first kappa shape index (κ1) is 20.4. The van der Waals surface area contributed by atoms with Gasteiger partial charge in [-0.25, -0.2) is 8.42 Å². The van der Waals surface area contributed by atoms with E-state index in [0.29, 0.717) is 22.7 Å². The van der Waals surface area contributed by atoms with Crippen LogP contribution in [0.2, 0.25) is 0 Å². The number of hydrogen-bond donors (Lipinski definition) is 2. The molecule has 7 heteroatoms. The molecule has 29 heavy (non-hydrogen) atoms. The number of nitrogens with one attached hydrogen (secondary N) is 2. The summed E-state index contributed by atoms with van der Waals surface area (Å²) in [5, 5.41) is 2.78. The highest BCUT2D eigenvalue weighted by Gasteiger charge is 2.15. The third-order valence-electron chi connectivity index (χ3n) is 4.52. The summed E-state index contributed by atoms with van der Waals surface area (Å²) in [4.78, 5) is 12.6. The maximum atomic E-state index is 12.6. The van der Waals surface area contributed by atoms with E-state index in [2.05, 4.69) is 10.0 Å². The Hall–Kier alpha value is -3.32. The van der Waals surface area contributed by atoms with Crippen molar-refractivity contribution in [2.75, 3.05) is 17.1 Å². The summed E-state index contributed by atoms with van der Waals surface area (Å²) in [6.45, 7) is 3.79. The highest BCUT2D eigenvalue weighted by atomic mass is 32.2. The first-order valence-corrected chi connectivity index (χ1v) is 10.4. The predicted molar refractivity (Wildman–Crippen MR) is 114 cm³/mol. The van der Waals surface area contributed by atoms with Gasteiger partial charge in [0.1, 0.15) is 5.75 Å². The zero-order chi connectivity index (χ0) is 21.0. The van der Waals surface area contributed by atoms with E-state index in [0.717, 1.165) is 11.1 Å². The summed E-state index contributed by atoms with van der Waals surface area (Å²) in [6.07, 6.45) is 0. The second-order valence-corrected chi connectivity index (χ2v) is 8.30. The highest BCUT2D eigenvalue weighted by Crippen LogP contribution is 2.21. The van der Waals surface area contributed by atoms with Crippen LogP contribution in [0, 0.1) is 13.8 Å². The van der Waals surface area contributed by atoms with E-state index >= 15 is 0 Å². The minimum absolute atomic E-state index is 0.195. The van der Waals surface area contributed by atoms with Gasteiger partial charge in [0.25, 0.3) is 15.9 Å². The second kappa shape index (κ2) is 8.36. The van der Waals surface area contributed by atoms with Crippen LogP contribution >= 0.6 is 0 Å². The summed E-state index contributed by atoms with van der Waals surface area (Å²) in [6, 6.07) is 18.2. The van der Waals surface area contributed by atoms with Crippen LogP contribution < -0.4 is 14.8 Å². The third-order valence-corrected chi connectivity index (χ3v) is 5.89. The average Bonchev–Trinajstić information content (AvgIpc) is 2.70. The Kier molecular flexibility index (Phi) is 5.89. The van der Waals surface area contributed by atoms with E-state index in [1.165, 1.54) is 0 Å². The minimum atomic E-state index is -3.71. The molecule has 0 radical (unpaired) electrons. The Bertz CT molecular complexity index is 1140. The summed E-state index contributed by atoms with van der Waals surface area (Å²) in [7, 11) is -2.15. The van der Waals surface area contributed by atoms with E-state index < -0.39 is 10.0 Å². The number of anilines is 2. The van der Waals surface area contributed by atoms with Gasteiger partial charge < -0.3 is 10.1 Å². The van der Waals surface area contributed by atoms with Gasteiger partial charge >= 0.3 is 0 Å². The van der Waals surface area contributed by atoms with Gasteiger partial charge in [0.2, 0.25) is 0 Å². The zero-order valence-corrected chi connectivity index (χ0v) is 17.2. The summed E-state index contributed by atoms with van der Waals surface area (Å²) in [5.41, 5.74) is 3.31. The molecule has 0 fully saturated rings. The molecule has 2 N–H and O–H groups in total. The molecule has 0 aliphatic heterocycles. The lowest BCUT2D eigenvalue weighted by atomic mass is 10.1. The fourth-order valence-corrected chi connectivity index (χ4v) is 3.83. The summed E-state index contributed by atoms with van der Waals surface area (Å²) in [5.74, 6) is 0.334. The van der Waals surface area contributed by atoms with E-state index in [9.17, 15) is 13.2 Å². The van der Waals surface area contributed by atoms with Crippen LogP contribution in [-0.2, 0) is 10.0 Å². The second-order valence-electron chi connectivity index (χ2n) is 6.61. The van der Waals surface area contributed by atoms with Crippen LogP contribution in [0.4, 0.5) is 11.4 Å². The van der Waals surface area contributed by atoms with Gasteiger partial charge in [0.15, 0.2) is 0 Å². The average molecular weight is 410 g/mol. The normalized spacial score (nSPS) is 11.0. The molecular formula is C22H22N2O4S. The fraction of sp³-hybridized carbons (Fsp3) is 0.136. The molecule has 1 amide bonds. The van der Waals surface area contributed by atoms with Crippen molar-refractivity contribution in [2.45, 2.75) is 18.7 Å². The van der Waals surface area contributed by atoms with E-state index in [1.807, 2.05) is 13.8 Å². The van der Waals surface area contributed by atoms with Gasteiger partial charge in [0.05, 0.1) is 12.0 Å². The van der Waals surface area contributed by atoms with E-state index in [-0.39, 0.29) is 10.8 Å². The number of sulfonamides is 1. The van der Waals surface area contributed by atoms with Crippen LogP contribution in [-0.4, -0.2) is 21.4 Å². The van der Waals surface area contributed by atoms with Crippen molar-refractivity contribution in [3.8, 4) is 5.75 Å². The summed E-state index contributed by atoms with van der Waals surface area (Å²) >= 11 is 0. The zero-order valence-electron chi connectivity index (χ0n) is 16.4. The number of benzene rings is 3. The lowest BCUT2D eigenvalue weighted by Crippen LogP contribution is -2.14. The Morgan fingerprint density at radius 2 is 1.59 bits per heavy atom. The molecule has 0 aliphatic rings. The maximum Gasteiger partial charge on any atom is 0.261 e. The van der Waals surface area contributed by atoms with Crippen molar-refractivity contribution in [3.63, 3.8) is 0 Å². The number of carbonyl (C=O) groups excluding carboxylic acids is 1. The Labute approximate surface area is 170 Å². The standard InChI is InChI=1S/C22H22N2O4S/c1-15-7-12-21(13-16(15)2)29(26,27)24-18-10-8-17(9-11-18)22(25)23-19-5-4-6-20(14-19)28-3/h4-14,24H,1-3H3,(H,23,25). The van der Waals surface area contributed by atoms with Crippen LogP contribution in [0.5, 0.6) is 5.75 Å². The molecular weight excluding hydrogens is 388 g/mol. The molecule has 0 atom stereocenters. The molecule has 0 bridgehead atoms. The summed E-state index contributed by atoms with van der Waals surface area (Å²) < 4.78 is 32.8. The number of rotatable bonds is 6. The van der Waals surface area contributed by atoms with Gasteiger partial charge in [-0.05, 0) is 73.5 Å². The van der Waals surface area contributed by atoms with Crippen molar-refractivity contribution in [3.05, 3.63) is 83.4 Å². The lowest BCUT2D eigenvalue weighted by molar-refractivity contribution is 0.102.